The van der Waals surface area contributed by atoms with E-state index in [1.54, 1.807) is 6.07 Å². The Hall–Kier alpha value is -1.69. The second kappa shape index (κ2) is 8.58. The lowest BCUT2D eigenvalue weighted by molar-refractivity contribution is -0.189. The van der Waals surface area contributed by atoms with Gasteiger partial charge in [-0.25, -0.2) is 8.42 Å². The smallest absolute Gasteiger partial charge is 0.378 e. The van der Waals surface area contributed by atoms with Gasteiger partial charge in [0.15, 0.2) is 0 Å². The molecule has 2 saturated heterocycles. The van der Waals surface area contributed by atoms with E-state index in [1.807, 2.05) is 0 Å². The fourth-order valence-corrected chi connectivity index (χ4v) is 5.30. The highest BCUT2D eigenvalue weighted by atomic mass is 32.2. The van der Waals surface area contributed by atoms with Crippen molar-refractivity contribution in [3.8, 4) is 0 Å². The first-order chi connectivity index (χ1) is 13.6. The van der Waals surface area contributed by atoms with Gasteiger partial charge in [0.2, 0.25) is 15.9 Å². The van der Waals surface area contributed by atoms with Gasteiger partial charge in [0.1, 0.15) is 0 Å². The van der Waals surface area contributed by atoms with Gasteiger partial charge in [0.05, 0.1) is 29.9 Å². The molecule has 29 heavy (non-hydrogen) atoms. The first-order valence-corrected chi connectivity index (χ1v) is 10.8. The van der Waals surface area contributed by atoms with Crippen LogP contribution >= 0.6 is 0 Å². The molecule has 162 valence electrons. The molecule has 2 atom stereocenters. The highest BCUT2D eigenvalue weighted by molar-refractivity contribution is 7.89. The number of nitrogens with zero attached hydrogens (tertiary/aromatic N) is 2. The third kappa shape index (κ3) is 4.90. The number of sulfonamides is 1. The second-order valence-electron chi connectivity index (χ2n) is 7.28. The molecular weight excluding hydrogens is 411 g/mol. The molecule has 11 heteroatoms. The Labute approximate surface area is 167 Å². The predicted octanol–water partition coefficient (Wildman–Crippen LogP) is 1.19. The number of alkyl halides is 3. The summed E-state index contributed by atoms with van der Waals surface area (Å²) in [5.41, 5.74) is 6.10. The van der Waals surface area contributed by atoms with E-state index in [-0.39, 0.29) is 31.1 Å². The number of hydrogen-bond acceptors (Lipinski definition) is 5. The predicted molar refractivity (Wildman–Crippen MR) is 98.1 cm³/mol. The highest BCUT2D eigenvalue weighted by Gasteiger charge is 2.49. The van der Waals surface area contributed by atoms with Crippen LogP contribution < -0.4 is 5.73 Å². The Balaban J connectivity index is 1.89. The average Bonchev–Trinajstić information content (AvgIpc) is 2.73. The number of morpholine rings is 1. The summed E-state index contributed by atoms with van der Waals surface area (Å²) in [5.74, 6) is -3.42. The van der Waals surface area contributed by atoms with Gasteiger partial charge < -0.3 is 15.4 Å². The number of rotatable bonds is 4. The largest absolute Gasteiger partial charge is 0.393 e. The SMILES string of the molecule is NCc1cccc(S(=O)(=O)N2C[C@@H](C(=O)N3CCOCC3)C[C@H](C(F)(F)F)C2)c1. The first kappa shape index (κ1) is 22.0. The van der Waals surface area contributed by atoms with Crippen molar-refractivity contribution in [1.29, 1.82) is 0 Å². The van der Waals surface area contributed by atoms with Gasteiger partial charge in [0, 0.05) is 32.7 Å². The van der Waals surface area contributed by atoms with Gasteiger partial charge in [-0.3, -0.25) is 4.79 Å². The van der Waals surface area contributed by atoms with Crippen molar-refractivity contribution in [1.82, 2.24) is 9.21 Å². The first-order valence-electron chi connectivity index (χ1n) is 9.35. The molecule has 1 aromatic carbocycles. The number of carbonyl (C=O) groups excluding carboxylic acids is 1. The maximum atomic E-state index is 13.5. The van der Waals surface area contributed by atoms with E-state index in [4.69, 9.17) is 10.5 Å². The molecule has 0 unspecified atom stereocenters. The van der Waals surface area contributed by atoms with E-state index in [0.717, 1.165) is 4.31 Å². The van der Waals surface area contributed by atoms with Crippen molar-refractivity contribution in [2.24, 2.45) is 17.6 Å². The molecule has 7 nitrogen and oxygen atoms in total. The molecule has 2 aliphatic heterocycles. The van der Waals surface area contributed by atoms with Gasteiger partial charge in [-0.1, -0.05) is 12.1 Å². The Morgan fingerprint density at radius 2 is 1.90 bits per heavy atom. The third-order valence-electron chi connectivity index (χ3n) is 5.32. The minimum Gasteiger partial charge on any atom is -0.378 e. The van der Waals surface area contributed by atoms with Gasteiger partial charge in [-0.2, -0.15) is 17.5 Å². The molecule has 0 spiro atoms. The Kier molecular flexibility index (Phi) is 6.51. The van der Waals surface area contributed by atoms with Gasteiger partial charge in [-0.05, 0) is 24.1 Å². The van der Waals surface area contributed by atoms with Crippen LogP contribution in [0.15, 0.2) is 29.2 Å². The molecule has 0 saturated carbocycles. The van der Waals surface area contributed by atoms with E-state index in [9.17, 15) is 26.4 Å². The van der Waals surface area contributed by atoms with Crippen molar-refractivity contribution in [2.45, 2.75) is 24.0 Å². The fraction of sp³-hybridized carbons (Fsp3) is 0.611. The average molecular weight is 435 g/mol. The van der Waals surface area contributed by atoms with Crippen LogP contribution in [0.5, 0.6) is 0 Å². The molecule has 0 radical (unpaired) electrons. The van der Waals surface area contributed by atoms with Gasteiger partial charge >= 0.3 is 6.18 Å². The number of ether oxygens (including phenoxy) is 1. The van der Waals surface area contributed by atoms with Crippen molar-refractivity contribution in [3.05, 3.63) is 29.8 Å². The van der Waals surface area contributed by atoms with Crippen LogP contribution in [0.1, 0.15) is 12.0 Å². The van der Waals surface area contributed by atoms with Crippen molar-refractivity contribution >= 4 is 15.9 Å². The van der Waals surface area contributed by atoms with Crippen LogP contribution in [0.3, 0.4) is 0 Å². The van der Waals surface area contributed by atoms with Crippen LogP contribution in [0.4, 0.5) is 13.2 Å². The summed E-state index contributed by atoms with van der Waals surface area (Å²) in [4.78, 5) is 14.1. The number of benzene rings is 1. The molecule has 2 aliphatic rings. The normalized spacial score (nSPS) is 24.5. The second-order valence-corrected chi connectivity index (χ2v) is 9.22. The van der Waals surface area contributed by atoms with Crippen LogP contribution in [0.2, 0.25) is 0 Å². The zero-order valence-electron chi connectivity index (χ0n) is 15.8. The lowest BCUT2D eigenvalue weighted by Crippen LogP contribution is -2.53. The minimum atomic E-state index is -4.60. The lowest BCUT2D eigenvalue weighted by Gasteiger charge is -2.39. The number of hydrogen-bond donors (Lipinski definition) is 1. The lowest BCUT2D eigenvalue weighted by atomic mass is 9.89. The van der Waals surface area contributed by atoms with Crippen LogP contribution in [-0.2, 0) is 26.1 Å². The highest BCUT2D eigenvalue weighted by Crippen LogP contribution is 2.38. The number of amides is 1. The zero-order valence-corrected chi connectivity index (χ0v) is 16.6. The van der Waals surface area contributed by atoms with E-state index < -0.39 is 46.9 Å². The van der Waals surface area contributed by atoms with E-state index in [0.29, 0.717) is 18.8 Å². The summed E-state index contributed by atoms with van der Waals surface area (Å²) in [6.07, 6.45) is -5.02. The van der Waals surface area contributed by atoms with Crippen molar-refractivity contribution in [2.75, 3.05) is 39.4 Å². The summed E-state index contributed by atoms with van der Waals surface area (Å²) in [6.45, 7) is 0.328. The standard InChI is InChI=1S/C18H24F3N3O4S/c19-18(20,21)15-9-14(17(25)23-4-6-28-7-5-23)11-24(12-15)29(26,27)16-3-1-2-13(8-16)10-22/h1-3,8,14-15H,4-7,9-12,22H2/t14-,15-/m0/s1. The monoisotopic (exact) mass is 435 g/mol. The molecule has 1 aromatic rings. The molecule has 2 heterocycles. The summed E-state index contributed by atoms with van der Waals surface area (Å²) in [7, 11) is -4.20. The number of piperidine rings is 1. The fourth-order valence-electron chi connectivity index (χ4n) is 3.69. The quantitative estimate of drug-likeness (QED) is 0.767. The molecule has 2 N–H and O–H groups in total. The summed E-state index contributed by atoms with van der Waals surface area (Å²) in [6, 6.07) is 5.81. The Bertz CT molecular complexity index is 841. The molecule has 0 bridgehead atoms. The van der Waals surface area contributed by atoms with Crippen LogP contribution in [0.25, 0.3) is 0 Å². The molecule has 3 rings (SSSR count). The van der Waals surface area contributed by atoms with Gasteiger partial charge in [-0.15, -0.1) is 0 Å². The van der Waals surface area contributed by atoms with Crippen LogP contribution in [-0.4, -0.2) is 69.1 Å². The minimum absolute atomic E-state index is 0.104. The van der Waals surface area contributed by atoms with E-state index >= 15 is 0 Å². The van der Waals surface area contributed by atoms with Gasteiger partial charge in [0.25, 0.3) is 0 Å². The van der Waals surface area contributed by atoms with Crippen molar-refractivity contribution in [3.63, 3.8) is 0 Å². The summed E-state index contributed by atoms with van der Waals surface area (Å²) < 4.78 is 72.6. The van der Waals surface area contributed by atoms with Crippen LogP contribution in [0, 0.1) is 11.8 Å². The topological polar surface area (TPSA) is 92.9 Å². The molecule has 2 fully saturated rings. The zero-order chi connectivity index (χ0) is 21.2. The molecular formula is C18H24F3N3O4S. The number of carbonyl (C=O) groups is 1. The molecule has 0 aliphatic carbocycles. The van der Waals surface area contributed by atoms with Crippen molar-refractivity contribution < 1.29 is 31.1 Å². The Morgan fingerprint density at radius 1 is 1.21 bits per heavy atom. The Morgan fingerprint density at radius 3 is 2.52 bits per heavy atom. The third-order valence-corrected chi connectivity index (χ3v) is 7.15. The maximum absolute atomic E-state index is 13.5. The van der Waals surface area contributed by atoms with E-state index in [1.165, 1.54) is 23.1 Å². The van der Waals surface area contributed by atoms with E-state index in [2.05, 4.69) is 0 Å². The summed E-state index contributed by atoms with van der Waals surface area (Å²) in [5, 5.41) is 0. The number of halogens is 3. The maximum Gasteiger partial charge on any atom is 0.393 e. The summed E-state index contributed by atoms with van der Waals surface area (Å²) >= 11 is 0. The molecule has 1 amide bonds. The number of nitrogens with two attached hydrogens (primary N) is 1. The molecule has 0 aromatic heterocycles.